The quantitative estimate of drug-likeness (QED) is 0.657. The molecule has 0 radical (unpaired) electrons. The number of benzene rings is 2. The number of rotatable bonds is 5. The van der Waals surface area contributed by atoms with Crippen LogP contribution in [-0.4, -0.2) is 23.8 Å². The Morgan fingerprint density at radius 1 is 1.08 bits per heavy atom. The molecule has 25 heavy (non-hydrogen) atoms. The molecule has 4 rings (SSSR count). The lowest BCUT2D eigenvalue weighted by Gasteiger charge is -2.28. The van der Waals surface area contributed by atoms with E-state index in [0.29, 0.717) is 6.04 Å². The monoisotopic (exact) mass is 336 g/mol. The molecule has 4 heteroatoms. The maximum Gasteiger partial charge on any atom is 0.141 e. The van der Waals surface area contributed by atoms with E-state index in [0.717, 1.165) is 41.2 Å². The van der Waals surface area contributed by atoms with Gasteiger partial charge in [-0.15, -0.1) is 0 Å². The summed E-state index contributed by atoms with van der Waals surface area (Å²) in [6.07, 6.45) is 4.59. The summed E-state index contributed by atoms with van der Waals surface area (Å²) in [6.45, 7) is 2.25. The molecule has 1 unspecified atom stereocenters. The summed E-state index contributed by atoms with van der Waals surface area (Å²) in [4.78, 5) is 4.95. The topological polar surface area (TPSA) is 36.3 Å². The molecule has 0 saturated carbocycles. The molecule has 0 aliphatic carbocycles. The molecule has 0 saturated heterocycles. The minimum absolute atomic E-state index is 0.423. The van der Waals surface area contributed by atoms with Gasteiger partial charge in [0.25, 0.3) is 0 Å². The zero-order chi connectivity index (χ0) is 17.4. The van der Waals surface area contributed by atoms with E-state index < -0.39 is 0 Å². The molecular weight excluding hydrogens is 312 g/mol. The molecule has 3 aromatic rings. The second-order valence-electron chi connectivity index (χ2n) is 6.68. The summed E-state index contributed by atoms with van der Waals surface area (Å²) in [5.41, 5.74) is 4.73. The molecule has 2 aromatic carbocycles. The lowest BCUT2D eigenvalue weighted by atomic mass is 9.92. The number of fused-ring (bicyclic) bond motifs is 5. The van der Waals surface area contributed by atoms with E-state index in [4.69, 9.17) is 14.5 Å². The van der Waals surface area contributed by atoms with Crippen molar-refractivity contribution in [3.63, 3.8) is 0 Å². The Kier molecular flexibility index (Phi) is 4.12. The molecule has 0 N–H and O–H groups in total. The maximum absolute atomic E-state index is 5.44. The van der Waals surface area contributed by atoms with Crippen molar-refractivity contribution >= 4 is 11.0 Å². The van der Waals surface area contributed by atoms with Gasteiger partial charge in [0, 0.05) is 17.7 Å². The number of hydrogen-bond donors (Lipinski definition) is 0. The predicted molar refractivity (Wildman–Crippen MR) is 101 cm³/mol. The van der Waals surface area contributed by atoms with Crippen LogP contribution >= 0.6 is 0 Å². The second kappa shape index (κ2) is 6.43. The molecule has 0 bridgehead atoms. The van der Waals surface area contributed by atoms with E-state index in [1.165, 1.54) is 24.0 Å². The third kappa shape index (κ3) is 2.66. The van der Waals surface area contributed by atoms with Gasteiger partial charge in [0.2, 0.25) is 0 Å². The van der Waals surface area contributed by atoms with Crippen LogP contribution in [0.25, 0.3) is 22.4 Å². The lowest BCUT2D eigenvalue weighted by Crippen LogP contribution is -2.19. The smallest absolute Gasteiger partial charge is 0.141 e. The number of unbranched alkanes of at least 4 members (excludes halogenated alkanes) is 1. The van der Waals surface area contributed by atoms with Crippen LogP contribution in [0.2, 0.25) is 0 Å². The highest BCUT2D eigenvalue weighted by Gasteiger charge is 2.27. The van der Waals surface area contributed by atoms with Crippen molar-refractivity contribution in [2.45, 2.75) is 38.6 Å². The van der Waals surface area contributed by atoms with Gasteiger partial charge in [0.05, 0.1) is 25.3 Å². The summed E-state index contributed by atoms with van der Waals surface area (Å²) in [7, 11) is 3.44. The summed E-state index contributed by atoms with van der Waals surface area (Å²) < 4.78 is 13.3. The molecule has 0 spiro atoms. The van der Waals surface area contributed by atoms with E-state index in [-0.39, 0.29) is 0 Å². The Balaban J connectivity index is 1.92. The molecule has 0 fully saturated rings. The molecule has 4 nitrogen and oxygen atoms in total. The van der Waals surface area contributed by atoms with E-state index in [1.54, 1.807) is 14.2 Å². The van der Waals surface area contributed by atoms with Crippen LogP contribution in [0.1, 0.15) is 37.8 Å². The Morgan fingerprint density at radius 3 is 2.60 bits per heavy atom. The first-order valence-corrected chi connectivity index (χ1v) is 8.98. The fraction of sp³-hybridized carbons (Fsp3) is 0.381. The van der Waals surface area contributed by atoms with Crippen molar-refractivity contribution in [1.82, 2.24) is 9.55 Å². The molecule has 0 amide bonds. The van der Waals surface area contributed by atoms with Gasteiger partial charge < -0.3 is 14.0 Å². The Morgan fingerprint density at radius 2 is 1.84 bits per heavy atom. The number of imidazole rings is 1. The number of ether oxygens (including phenoxy) is 2. The predicted octanol–water partition coefficient (Wildman–Crippen LogP) is 5.01. The first-order chi connectivity index (χ1) is 12.2. The van der Waals surface area contributed by atoms with Gasteiger partial charge in [0.15, 0.2) is 0 Å². The standard InChI is InChI=1S/C21H24N2O2/c1-4-5-6-15-11-14-12-16(24-2)7-9-18(14)21-22-19-10-8-17(25-3)13-20(19)23(15)21/h7-10,12-13,15H,4-6,11H2,1-3H3. The van der Waals surface area contributed by atoms with Crippen LogP contribution in [0.4, 0.5) is 0 Å². The first-order valence-electron chi connectivity index (χ1n) is 8.98. The third-order valence-electron chi connectivity index (χ3n) is 5.16. The highest BCUT2D eigenvalue weighted by atomic mass is 16.5. The van der Waals surface area contributed by atoms with Crippen LogP contribution < -0.4 is 9.47 Å². The highest BCUT2D eigenvalue weighted by molar-refractivity contribution is 5.83. The molecular formula is C21H24N2O2. The van der Waals surface area contributed by atoms with Gasteiger partial charge in [-0.3, -0.25) is 0 Å². The molecule has 1 aliphatic heterocycles. The maximum atomic E-state index is 5.44. The van der Waals surface area contributed by atoms with E-state index >= 15 is 0 Å². The van der Waals surface area contributed by atoms with Crippen LogP contribution in [0.15, 0.2) is 36.4 Å². The Hall–Kier alpha value is -2.49. The van der Waals surface area contributed by atoms with Gasteiger partial charge in [-0.25, -0.2) is 4.98 Å². The number of nitrogens with zero attached hydrogens (tertiary/aromatic N) is 2. The van der Waals surface area contributed by atoms with Crippen molar-refractivity contribution in [2.75, 3.05) is 14.2 Å². The van der Waals surface area contributed by atoms with Crippen molar-refractivity contribution in [3.8, 4) is 22.9 Å². The van der Waals surface area contributed by atoms with E-state index in [2.05, 4.69) is 35.8 Å². The summed E-state index contributed by atoms with van der Waals surface area (Å²) in [5, 5.41) is 0. The Bertz CT molecular complexity index is 914. The van der Waals surface area contributed by atoms with Gasteiger partial charge in [-0.1, -0.05) is 19.8 Å². The number of methoxy groups -OCH3 is 2. The first kappa shape index (κ1) is 16.0. The third-order valence-corrected chi connectivity index (χ3v) is 5.16. The van der Waals surface area contributed by atoms with Gasteiger partial charge >= 0.3 is 0 Å². The average Bonchev–Trinajstić information content (AvgIpc) is 3.04. The largest absolute Gasteiger partial charge is 0.497 e. The van der Waals surface area contributed by atoms with Crippen LogP contribution in [0.5, 0.6) is 11.5 Å². The summed E-state index contributed by atoms with van der Waals surface area (Å²) in [5.74, 6) is 2.86. The minimum atomic E-state index is 0.423. The van der Waals surface area contributed by atoms with Gasteiger partial charge in [-0.05, 0) is 48.7 Å². The van der Waals surface area contributed by atoms with Gasteiger partial charge in [0.1, 0.15) is 17.3 Å². The zero-order valence-electron chi connectivity index (χ0n) is 15.1. The molecule has 1 aliphatic rings. The molecule has 1 aromatic heterocycles. The van der Waals surface area contributed by atoms with Crippen LogP contribution in [-0.2, 0) is 6.42 Å². The highest BCUT2D eigenvalue weighted by Crippen LogP contribution is 2.41. The number of hydrogen-bond acceptors (Lipinski definition) is 3. The number of aromatic nitrogens is 2. The molecule has 2 heterocycles. The zero-order valence-corrected chi connectivity index (χ0v) is 15.1. The summed E-state index contributed by atoms with van der Waals surface area (Å²) >= 11 is 0. The lowest BCUT2D eigenvalue weighted by molar-refractivity contribution is 0.411. The van der Waals surface area contributed by atoms with Gasteiger partial charge in [-0.2, -0.15) is 0 Å². The van der Waals surface area contributed by atoms with Crippen molar-refractivity contribution in [1.29, 1.82) is 0 Å². The van der Waals surface area contributed by atoms with Crippen molar-refractivity contribution in [3.05, 3.63) is 42.0 Å². The summed E-state index contributed by atoms with van der Waals surface area (Å²) in [6, 6.07) is 12.9. The van der Waals surface area contributed by atoms with E-state index in [9.17, 15) is 0 Å². The van der Waals surface area contributed by atoms with Crippen molar-refractivity contribution < 1.29 is 9.47 Å². The van der Waals surface area contributed by atoms with Crippen LogP contribution in [0.3, 0.4) is 0 Å². The minimum Gasteiger partial charge on any atom is -0.497 e. The van der Waals surface area contributed by atoms with E-state index in [1.807, 2.05) is 12.1 Å². The fourth-order valence-electron chi connectivity index (χ4n) is 3.86. The molecule has 1 atom stereocenters. The van der Waals surface area contributed by atoms with Crippen LogP contribution in [0, 0.1) is 0 Å². The van der Waals surface area contributed by atoms with Crippen molar-refractivity contribution in [2.24, 2.45) is 0 Å². The second-order valence-corrected chi connectivity index (χ2v) is 6.68. The SMILES string of the molecule is CCCCC1Cc2cc(OC)ccc2-c2nc3ccc(OC)cc3n21. The average molecular weight is 336 g/mol. The molecule has 130 valence electrons. The Labute approximate surface area is 148 Å². The fourth-order valence-corrected chi connectivity index (χ4v) is 3.86. The normalized spacial score (nSPS) is 15.7.